The van der Waals surface area contributed by atoms with E-state index in [1.807, 2.05) is 12.3 Å². The van der Waals surface area contributed by atoms with Gasteiger partial charge in [-0.05, 0) is 47.9 Å². The second-order valence-corrected chi connectivity index (χ2v) is 13.4. The summed E-state index contributed by atoms with van der Waals surface area (Å²) in [6.45, 7) is 5.60. The molecule has 1 saturated heterocycles. The Morgan fingerprint density at radius 2 is 1.85 bits per heavy atom. The van der Waals surface area contributed by atoms with Crippen LogP contribution >= 0.6 is 0 Å². The van der Waals surface area contributed by atoms with Gasteiger partial charge in [0.25, 0.3) is 0 Å². The Bertz CT molecular complexity index is 1730. The molecule has 1 fully saturated rings. The van der Waals surface area contributed by atoms with Gasteiger partial charge < -0.3 is 10.2 Å². The summed E-state index contributed by atoms with van der Waals surface area (Å²) >= 11 is 0. The molecule has 0 radical (unpaired) electrons. The fraction of sp³-hybridized carbons (Fsp3) is 0.429. The fourth-order valence-corrected chi connectivity index (χ4v) is 6.94. The predicted octanol–water partition coefficient (Wildman–Crippen LogP) is 5.29. The Balaban J connectivity index is 1.27. The van der Waals surface area contributed by atoms with Crippen molar-refractivity contribution in [1.82, 2.24) is 24.7 Å². The highest BCUT2D eigenvalue weighted by Crippen LogP contribution is 2.41. The van der Waals surface area contributed by atoms with Gasteiger partial charge in [0.05, 0.1) is 23.2 Å². The number of rotatable bonds is 7. The van der Waals surface area contributed by atoms with E-state index < -0.39 is 22.1 Å². The first kappa shape index (κ1) is 27.4. The lowest BCUT2D eigenvalue weighted by Crippen LogP contribution is -2.49. The molecule has 5 heterocycles. The summed E-state index contributed by atoms with van der Waals surface area (Å²) in [7, 11) is -3.02. The van der Waals surface area contributed by atoms with Crippen molar-refractivity contribution in [3.05, 3.63) is 54.1 Å². The molecule has 3 aromatic heterocycles. The summed E-state index contributed by atoms with van der Waals surface area (Å²) in [5.74, 6) is 1.88. The highest BCUT2D eigenvalue weighted by molar-refractivity contribution is 7.90. The van der Waals surface area contributed by atoms with Crippen LogP contribution in [0.1, 0.15) is 43.5 Å². The first-order valence-electron chi connectivity index (χ1n) is 13.5. The van der Waals surface area contributed by atoms with Crippen molar-refractivity contribution in [1.29, 1.82) is 0 Å². The predicted molar refractivity (Wildman–Crippen MR) is 151 cm³/mol. The molecule has 9 nitrogen and oxygen atoms in total. The van der Waals surface area contributed by atoms with Crippen LogP contribution in [-0.4, -0.2) is 64.4 Å². The van der Waals surface area contributed by atoms with Crippen molar-refractivity contribution in [3.8, 4) is 11.4 Å². The zero-order valence-electron chi connectivity index (χ0n) is 22.9. The third-order valence-corrected chi connectivity index (χ3v) is 8.83. The molecule has 216 valence electrons. The molecule has 41 heavy (non-hydrogen) atoms. The van der Waals surface area contributed by atoms with Crippen LogP contribution in [-0.2, 0) is 16.3 Å². The summed E-state index contributed by atoms with van der Waals surface area (Å²) in [6, 6.07) is 6.20. The number of fused-ring (bicyclic) bond motifs is 2. The van der Waals surface area contributed by atoms with Gasteiger partial charge in [0, 0.05) is 48.7 Å². The maximum Gasteiger partial charge on any atom is 0.410 e. The number of hydrogen-bond acceptors (Lipinski definition) is 8. The third kappa shape index (κ3) is 5.34. The maximum atomic E-state index is 13.4. The van der Waals surface area contributed by atoms with Crippen molar-refractivity contribution in [2.75, 3.05) is 35.3 Å². The number of nitrogens with one attached hydrogen (secondary N) is 1. The Hall–Kier alpha value is -3.74. The molecular formula is C28H30F3N7O2S. The molecule has 2 aliphatic heterocycles. The lowest BCUT2D eigenvalue weighted by atomic mass is 9.93. The van der Waals surface area contributed by atoms with E-state index in [1.165, 1.54) is 12.5 Å². The summed E-state index contributed by atoms with van der Waals surface area (Å²) < 4.78 is 64.6. The lowest BCUT2D eigenvalue weighted by molar-refractivity contribution is -0.168. The largest absolute Gasteiger partial charge is 0.410 e. The summed E-state index contributed by atoms with van der Waals surface area (Å²) in [6.07, 6.45) is 1.88. The number of pyridine rings is 1. The Labute approximate surface area is 235 Å². The first-order chi connectivity index (χ1) is 19.4. The second-order valence-electron chi connectivity index (χ2n) is 11.2. The molecule has 1 unspecified atom stereocenters. The number of hydrogen-bond donors (Lipinski definition) is 1. The first-order valence-corrected chi connectivity index (χ1v) is 15.5. The molecule has 2 aliphatic rings. The van der Waals surface area contributed by atoms with Gasteiger partial charge in [-0.3, -0.25) is 4.68 Å². The van der Waals surface area contributed by atoms with Crippen LogP contribution < -0.4 is 10.2 Å². The minimum absolute atomic E-state index is 0.0470. The molecule has 0 bridgehead atoms. The van der Waals surface area contributed by atoms with E-state index in [1.54, 1.807) is 12.3 Å². The number of anilines is 3. The Morgan fingerprint density at radius 3 is 2.56 bits per heavy atom. The monoisotopic (exact) mass is 585 g/mol. The van der Waals surface area contributed by atoms with Gasteiger partial charge in [-0.1, -0.05) is 19.9 Å². The average molecular weight is 586 g/mol. The molecule has 0 aliphatic carbocycles. The normalized spacial score (nSPS) is 17.7. The molecular weight excluding hydrogens is 555 g/mol. The Morgan fingerprint density at radius 1 is 1.07 bits per heavy atom. The average Bonchev–Trinajstić information content (AvgIpc) is 3.47. The number of benzene rings is 1. The van der Waals surface area contributed by atoms with Crippen LogP contribution in [0.3, 0.4) is 0 Å². The molecule has 0 spiro atoms. The van der Waals surface area contributed by atoms with Gasteiger partial charge >= 0.3 is 6.18 Å². The lowest BCUT2D eigenvalue weighted by Gasteiger charge is -2.41. The van der Waals surface area contributed by atoms with Crippen LogP contribution in [0.4, 0.5) is 30.5 Å². The molecule has 13 heteroatoms. The van der Waals surface area contributed by atoms with E-state index in [0.29, 0.717) is 41.8 Å². The summed E-state index contributed by atoms with van der Waals surface area (Å²) in [5, 5.41) is 9.24. The van der Waals surface area contributed by atoms with Gasteiger partial charge in [0.15, 0.2) is 5.82 Å². The number of halogens is 3. The van der Waals surface area contributed by atoms with Gasteiger partial charge in [0.2, 0.25) is 0 Å². The van der Waals surface area contributed by atoms with Gasteiger partial charge in [-0.2, -0.15) is 18.3 Å². The fourth-order valence-electron chi connectivity index (χ4n) is 5.87. The molecule has 1 aromatic carbocycles. The SMILES string of the molecule is CC(C)c1ccc(N2CC(CS(C)(=O)=O)C2)c2cnc(Nc3ccnc(-c4cnn5c4CCC5C(F)(F)F)n3)cc12. The summed E-state index contributed by atoms with van der Waals surface area (Å²) in [4.78, 5) is 15.7. The highest BCUT2D eigenvalue weighted by atomic mass is 32.2. The minimum atomic E-state index is -4.36. The molecule has 0 saturated carbocycles. The van der Waals surface area contributed by atoms with Crippen molar-refractivity contribution in [2.24, 2.45) is 5.92 Å². The van der Waals surface area contributed by atoms with Crippen LogP contribution in [0.15, 0.2) is 42.9 Å². The van der Waals surface area contributed by atoms with Crippen molar-refractivity contribution in [2.45, 2.75) is 44.8 Å². The van der Waals surface area contributed by atoms with Crippen LogP contribution in [0.2, 0.25) is 0 Å². The quantitative estimate of drug-likeness (QED) is 0.312. The van der Waals surface area contributed by atoms with Crippen LogP contribution in [0, 0.1) is 5.92 Å². The zero-order chi connectivity index (χ0) is 29.1. The molecule has 4 aromatic rings. The van der Waals surface area contributed by atoms with E-state index in [0.717, 1.165) is 26.7 Å². The number of sulfone groups is 1. The molecule has 6 rings (SSSR count). The van der Waals surface area contributed by atoms with Crippen molar-refractivity contribution >= 4 is 37.9 Å². The van der Waals surface area contributed by atoms with Gasteiger partial charge in [-0.15, -0.1) is 0 Å². The minimum Gasteiger partial charge on any atom is -0.370 e. The topological polar surface area (TPSA) is 106 Å². The Kier molecular flexibility index (Phi) is 6.67. The molecule has 0 amide bonds. The third-order valence-electron chi connectivity index (χ3n) is 7.75. The van der Waals surface area contributed by atoms with Gasteiger partial charge in [-0.25, -0.2) is 23.4 Å². The van der Waals surface area contributed by atoms with Crippen LogP contribution in [0.25, 0.3) is 22.2 Å². The number of aromatic nitrogens is 5. The van der Waals surface area contributed by atoms with Crippen molar-refractivity contribution < 1.29 is 21.6 Å². The number of alkyl halides is 3. The molecule has 1 atom stereocenters. The van der Waals surface area contributed by atoms with Crippen LogP contribution in [0.5, 0.6) is 0 Å². The van der Waals surface area contributed by atoms with Crippen molar-refractivity contribution in [3.63, 3.8) is 0 Å². The van der Waals surface area contributed by atoms with E-state index >= 15 is 0 Å². The van der Waals surface area contributed by atoms with E-state index in [9.17, 15) is 21.6 Å². The van der Waals surface area contributed by atoms with Gasteiger partial charge in [0.1, 0.15) is 27.5 Å². The summed E-state index contributed by atoms with van der Waals surface area (Å²) in [5.41, 5.74) is 3.14. The molecule has 1 N–H and O–H groups in total. The number of nitrogens with zero attached hydrogens (tertiary/aromatic N) is 6. The standard InChI is InChI=1S/C28H30F3N7O2S/c1-16(2)18-4-5-22(37-13-17(14-37)15-41(3,39)40)20-11-33-26(10-19(18)20)35-25-8-9-32-27(36-25)21-12-34-38-23(21)6-7-24(38)28(29,30)31/h4-5,8-12,16-17,24H,6-7,13-15H2,1-3H3,(H,32,33,35,36). The smallest absolute Gasteiger partial charge is 0.370 e. The second kappa shape index (κ2) is 9.97. The van der Waals surface area contributed by atoms with E-state index in [2.05, 4.69) is 56.2 Å². The maximum absolute atomic E-state index is 13.4. The zero-order valence-corrected chi connectivity index (χ0v) is 23.7. The van der Waals surface area contributed by atoms with E-state index in [4.69, 9.17) is 0 Å². The van der Waals surface area contributed by atoms with E-state index in [-0.39, 0.29) is 30.4 Å². The highest BCUT2D eigenvalue weighted by Gasteiger charge is 2.46.